The molecule has 0 aromatic carbocycles. The van der Waals surface area contributed by atoms with Gasteiger partial charge in [0, 0.05) is 11.6 Å². The van der Waals surface area contributed by atoms with Crippen molar-refractivity contribution in [3.8, 4) is 0 Å². The molecule has 1 heterocycles. The third-order valence-electron chi connectivity index (χ3n) is 3.53. The van der Waals surface area contributed by atoms with E-state index in [-0.39, 0.29) is 0 Å². The third kappa shape index (κ3) is 2.05. The van der Waals surface area contributed by atoms with E-state index in [2.05, 4.69) is 37.9 Å². The van der Waals surface area contributed by atoms with Crippen molar-refractivity contribution in [3.63, 3.8) is 0 Å². The summed E-state index contributed by atoms with van der Waals surface area (Å²) in [7, 11) is 2.05. The first kappa shape index (κ1) is 11.0. The van der Waals surface area contributed by atoms with Gasteiger partial charge in [-0.05, 0) is 60.2 Å². The molecule has 0 aromatic rings. The van der Waals surface area contributed by atoms with Gasteiger partial charge >= 0.3 is 0 Å². The van der Waals surface area contributed by atoms with Crippen molar-refractivity contribution in [3.05, 3.63) is 0 Å². The van der Waals surface area contributed by atoms with Crippen LogP contribution in [0.5, 0.6) is 0 Å². The maximum atomic E-state index is 3.30. The Morgan fingerprint density at radius 1 is 1.46 bits per heavy atom. The standard InChI is InChI=1S/C11H24N2/c1-9(2)13-7-6-10(8-12-5)11(13,3)4/h9-10,12H,6-8H2,1-5H3. The van der Waals surface area contributed by atoms with Gasteiger partial charge in [0.2, 0.25) is 0 Å². The van der Waals surface area contributed by atoms with E-state index in [0.29, 0.717) is 11.6 Å². The zero-order valence-electron chi connectivity index (χ0n) is 9.72. The molecule has 2 nitrogen and oxygen atoms in total. The summed E-state index contributed by atoms with van der Waals surface area (Å²) in [6.07, 6.45) is 1.34. The molecule has 78 valence electrons. The van der Waals surface area contributed by atoms with E-state index in [4.69, 9.17) is 0 Å². The quantitative estimate of drug-likeness (QED) is 0.718. The van der Waals surface area contributed by atoms with Gasteiger partial charge < -0.3 is 5.32 Å². The maximum Gasteiger partial charge on any atom is 0.0196 e. The van der Waals surface area contributed by atoms with Crippen LogP contribution in [-0.2, 0) is 0 Å². The van der Waals surface area contributed by atoms with E-state index in [1.165, 1.54) is 13.0 Å². The van der Waals surface area contributed by atoms with E-state index in [1.54, 1.807) is 0 Å². The molecule has 2 heteroatoms. The van der Waals surface area contributed by atoms with Crippen molar-refractivity contribution in [1.82, 2.24) is 10.2 Å². The molecule has 13 heavy (non-hydrogen) atoms. The van der Waals surface area contributed by atoms with Crippen molar-refractivity contribution < 1.29 is 0 Å². The van der Waals surface area contributed by atoms with Crippen molar-refractivity contribution in [1.29, 1.82) is 0 Å². The van der Waals surface area contributed by atoms with Crippen LogP contribution in [0.25, 0.3) is 0 Å². The lowest BCUT2D eigenvalue weighted by Crippen LogP contribution is -2.48. The van der Waals surface area contributed by atoms with Gasteiger partial charge in [0.25, 0.3) is 0 Å². The SMILES string of the molecule is CNCC1CCN(C(C)C)C1(C)C. The molecule has 1 fully saturated rings. The topological polar surface area (TPSA) is 15.3 Å². The molecule has 1 N–H and O–H groups in total. The highest BCUT2D eigenvalue weighted by atomic mass is 15.2. The van der Waals surface area contributed by atoms with E-state index in [0.717, 1.165) is 12.5 Å². The molecule has 0 amide bonds. The molecule has 0 aliphatic carbocycles. The Kier molecular flexibility index (Phi) is 3.36. The van der Waals surface area contributed by atoms with Gasteiger partial charge in [0.1, 0.15) is 0 Å². The fourth-order valence-electron chi connectivity index (χ4n) is 2.69. The van der Waals surface area contributed by atoms with Crippen molar-refractivity contribution in [2.75, 3.05) is 20.1 Å². The summed E-state index contributed by atoms with van der Waals surface area (Å²) >= 11 is 0. The number of nitrogens with zero attached hydrogens (tertiary/aromatic N) is 1. The summed E-state index contributed by atoms with van der Waals surface area (Å²) in [6, 6.07) is 0.678. The van der Waals surface area contributed by atoms with Crippen LogP contribution < -0.4 is 5.32 Å². The molecular formula is C11H24N2. The maximum absolute atomic E-state index is 3.30. The van der Waals surface area contributed by atoms with Crippen LogP contribution in [0.1, 0.15) is 34.1 Å². The van der Waals surface area contributed by atoms with Gasteiger partial charge in [-0.15, -0.1) is 0 Å². The van der Waals surface area contributed by atoms with E-state index >= 15 is 0 Å². The molecule has 1 saturated heterocycles. The van der Waals surface area contributed by atoms with Crippen molar-refractivity contribution >= 4 is 0 Å². The molecule has 0 bridgehead atoms. The van der Waals surface area contributed by atoms with Gasteiger partial charge in [-0.2, -0.15) is 0 Å². The average Bonchev–Trinajstić information content (AvgIpc) is 2.28. The minimum Gasteiger partial charge on any atom is -0.319 e. The average molecular weight is 184 g/mol. The van der Waals surface area contributed by atoms with Crippen LogP contribution in [0.2, 0.25) is 0 Å². The first-order chi connectivity index (χ1) is 6.00. The van der Waals surface area contributed by atoms with Gasteiger partial charge in [0.15, 0.2) is 0 Å². The molecule has 0 spiro atoms. The molecule has 0 saturated carbocycles. The highest BCUT2D eigenvalue weighted by Crippen LogP contribution is 2.35. The molecule has 1 rings (SSSR count). The lowest BCUT2D eigenvalue weighted by Gasteiger charge is -2.38. The second kappa shape index (κ2) is 3.97. The number of nitrogens with one attached hydrogen (secondary N) is 1. The fraction of sp³-hybridized carbons (Fsp3) is 1.00. The van der Waals surface area contributed by atoms with Gasteiger partial charge in [-0.1, -0.05) is 0 Å². The van der Waals surface area contributed by atoms with Crippen LogP contribution in [0.3, 0.4) is 0 Å². The Morgan fingerprint density at radius 3 is 2.46 bits per heavy atom. The normalized spacial score (nSPS) is 28.6. The largest absolute Gasteiger partial charge is 0.319 e. The smallest absolute Gasteiger partial charge is 0.0196 e. The molecule has 1 aliphatic rings. The molecule has 1 aliphatic heterocycles. The monoisotopic (exact) mass is 184 g/mol. The first-order valence-corrected chi connectivity index (χ1v) is 5.41. The lowest BCUT2D eigenvalue weighted by molar-refractivity contribution is 0.105. The second-order valence-electron chi connectivity index (χ2n) is 4.98. The number of hydrogen-bond donors (Lipinski definition) is 1. The number of hydrogen-bond acceptors (Lipinski definition) is 2. The van der Waals surface area contributed by atoms with Crippen LogP contribution in [-0.4, -0.2) is 36.6 Å². The van der Waals surface area contributed by atoms with Crippen LogP contribution in [0.15, 0.2) is 0 Å². The zero-order valence-corrected chi connectivity index (χ0v) is 9.72. The minimum absolute atomic E-state index is 0.372. The van der Waals surface area contributed by atoms with Gasteiger partial charge in [0.05, 0.1) is 0 Å². The predicted molar refractivity (Wildman–Crippen MR) is 58.0 cm³/mol. The summed E-state index contributed by atoms with van der Waals surface area (Å²) in [5.41, 5.74) is 0.372. The summed E-state index contributed by atoms with van der Waals surface area (Å²) in [4.78, 5) is 2.62. The van der Waals surface area contributed by atoms with Gasteiger partial charge in [-0.3, -0.25) is 4.90 Å². The molecule has 0 aromatic heterocycles. The van der Waals surface area contributed by atoms with Gasteiger partial charge in [-0.25, -0.2) is 0 Å². The van der Waals surface area contributed by atoms with Crippen LogP contribution in [0.4, 0.5) is 0 Å². The Bertz CT molecular complexity index is 163. The van der Waals surface area contributed by atoms with E-state index in [9.17, 15) is 0 Å². The molecular weight excluding hydrogens is 160 g/mol. The van der Waals surface area contributed by atoms with Crippen molar-refractivity contribution in [2.45, 2.75) is 45.7 Å². The highest BCUT2D eigenvalue weighted by Gasteiger charge is 2.41. The second-order valence-corrected chi connectivity index (χ2v) is 4.98. The fourth-order valence-corrected chi connectivity index (χ4v) is 2.69. The molecule has 1 unspecified atom stereocenters. The lowest BCUT2D eigenvalue weighted by atomic mass is 9.88. The Balaban J connectivity index is 2.65. The van der Waals surface area contributed by atoms with E-state index in [1.807, 2.05) is 7.05 Å². The Hall–Kier alpha value is -0.0800. The number of likely N-dealkylation sites (tertiary alicyclic amines) is 1. The summed E-state index contributed by atoms with van der Waals surface area (Å²) in [5.74, 6) is 0.805. The van der Waals surface area contributed by atoms with Crippen LogP contribution >= 0.6 is 0 Å². The zero-order chi connectivity index (χ0) is 10.1. The highest BCUT2D eigenvalue weighted by molar-refractivity contribution is 4.97. The Labute approximate surface area is 82.7 Å². The molecule has 1 atom stereocenters. The van der Waals surface area contributed by atoms with E-state index < -0.39 is 0 Å². The first-order valence-electron chi connectivity index (χ1n) is 5.41. The summed E-state index contributed by atoms with van der Waals surface area (Å²) < 4.78 is 0. The summed E-state index contributed by atoms with van der Waals surface area (Å²) in [6.45, 7) is 11.8. The minimum atomic E-state index is 0.372. The van der Waals surface area contributed by atoms with Crippen LogP contribution in [0, 0.1) is 5.92 Å². The molecule has 0 radical (unpaired) electrons. The Morgan fingerprint density at radius 2 is 2.08 bits per heavy atom. The predicted octanol–water partition coefficient (Wildman–Crippen LogP) is 1.71. The summed E-state index contributed by atoms with van der Waals surface area (Å²) in [5, 5.41) is 3.30. The van der Waals surface area contributed by atoms with Crippen molar-refractivity contribution in [2.24, 2.45) is 5.92 Å². The third-order valence-corrected chi connectivity index (χ3v) is 3.53. The number of rotatable bonds is 3.